The van der Waals surface area contributed by atoms with Gasteiger partial charge < -0.3 is 15.0 Å². The Morgan fingerprint density at radius 1 is 1.15 bits per heavy atom. The van der Waals surface area contributed by atoms with Crippen LogP contribution in [0.3, 0.4) is 0 Å². The Labute approximate surface area is 125 Å². The first kappa shape index (κ1) is 16.3. The van der Waals surface area contributed by atoms with Crippen LogP contribution in [0.4, 0.5) is 0 Å². The van der Waals surface area contributed by atoms with Crippen molar-refractivity contribution in [3.63, 3.8) is 0 Å². The van der Waals surface area contributed by atoms with Crippen LogP contribution < -0.4 is 5.32 Å². The van der Waals surface area contributed by atoms with Gasteiger partial charge in [0.1, 0.15) is 0 Å². The first-order valence-corrected chi connectivity index (χ1v) is 8.65. The van der Waals surface area contributed by atoms with Crippen LogP contribution in [0.1, 0.15) is 64.2 Å². The maximum Gasteiger partial charge on any atom is 0.0576 e. The molecule has 1 heterocycles. The van der Waals surface area contributed by atoms with Crippen molar-refractivity contribution in [1.29, 1.82) is 0 Å². The lowest BCUT2D eigenvalue weighted by Gasteiger charge is -2.46. The number of nitrogens with one attached hydrogen (secondary N) is 1. The number of rotatable bonds is 6. The molecule has 0 bridgehead atoms. The second-order valence-corrected chi connectivity index (χ2v) is 6.97. The van der Waals surface area contributed by atoms with Crippen molar-refractivity contribution in [3.05, 3.63) is 0 Å². The zero-order chi connectivity index (χ0) is 14.4. The quantitative estimate of drug-likeness (QED) is 0.757. The molecule has 20 heavy (non-hydrogen) atoms. The molecule has 0 radical (unpaired) electrons. The minimum Gasteiger partial charge on any atom is -0.378 e. The van der Waals surface area contributed by atoms with Gasteiger partial charge in [-0.1, -0.05) is 25.7 Å². The summed E-state index contributed by atoms with van der Waals surface area (Å²) in [5.41, 5.74) is 0.351. The summed E-state index contributed by atoms with van der Waals surface area (Å²) in [6, 6.07) is 0.597. The molecule has 0 aromatic heterocycles. The molecule has 1 saturated carbocycles. The standard InChI is InChI=1S/C17H34N2O/c1-18-16(11-10-15-9-8-14-20-15)17(19(2)3)12-6-4-5-7-13-17/h15-16,18H,4-14H2,1-3H3. The van der Waals surface area contributed by atoms with Gasteiger partial charge in [-0.05, 0) is 59.7 Å². The summed E-state index contributed by atoms with van der Waals surface area (Å²) in [5, 5.41) is 3.65. The number of likely N-dealkylation sites (N-methyl/N-ethyl adjacent to an activating group) is 2. The van der Waals surface area contributed by atoms with Crippen molar-refractivity contribution in [2.75, 3.05) is 27.7 Å². The SMILES string of the molecule is CNC(CCC1CCCO1)C1(N(C)C)CCCCCC1. The van der Waals surface area contributed by atoms with Crippen LogP contribution in [0.15, 0.2) is 0 Å². The first-order valence-electron chi connectivity index (χ1n) is 8.65. The highest BCUT2D eigenvalue weighted by atomic mass is 16.5. The van der Waals surface area contributed by atoms with E-state index < -0.39 is 0 Å². The molecule has 1 N–H and O–H groups in total. The van der Waals surface area contributed by atoms with Gasteiger partial charge in [0.15, 0.2) is 0 Å². The highest BCUT2D eigenvalue weighted by molar-refractivity contribution is 4.99. The van der Waals surface area contributed by atoms with Crippen molar-refractivity contribution in [2.45, 2.75) is 81.9 Å². The van der Waals surface area contributed by atoms with Crippen molar-refractivity contribution < 1.29 is 4.74 Å². The van der Waals surface area contributed by atoms with Gasteiger partial charge in [-0.3, -0.25) is 0 Å². The summed E-state index contributed by atoms with van der Waals surface area (Å²) in [4.78, 5) is 2.51. The van der Waals surface area contributed by atoms with E-state index in [0.717, 1.165) is 6.61 Å². The van der Waals surface area contributed by atoms with Crippen molar-refractivity contribution >= 4 is 0 Å². The predicted molar refractivity (Wildman–Crippen MR) is 85.2 cm³/mol. The first-order chi connectivity index (χ1) is 9.69. The van der Waals surface area contributed by atoms with Crippen LogP contribution in [0.5, 0.6) is 0 Å². The summed E-state index contributed by atoms with van der Waals surface area (Å²) >= 11 is 0. The van der Waals surface area contributed by atoms with E-state index in [-0.39, 0.29) is 0 Å². The normalized spacial score (nSPS) is 28.5. The Bertz CT molecular complexity index is 266. The summed E-state index contributed by atoms with van der Waals surface area (Å²) in [7, 11) is 6.71. The fourth-order valence-electron chi connectivity index (χ4n) is 4.35. The second kappa shape index (κ2) is 7.77. The second-order valence-electron chi connectivity index (χ2n) is 6.97. The van der Waals surface area contributed by atoms with Crippen LogP contribution in [0.2, 0.25) is 0 Å². The third-order valence-corrected chi connectivity index (χ3v) is 5.66. The van der Waals surface area contributed by atoms with Crippen LogP contribution in [-0.2, 0) is 4.74 Å². The summed E-state index contributed by atoms with van der Waals surface area (Å²) in [6.07, 6.45) is 13.8. The average molecular weight is 282 g/mol. The van der Waals surface area contributed by atoms with Crippen molar-refractivity contribution in [2.24, 2.45) is 0 Å². The van der Waals surface area contributed by atoms with Crippen LogP contribution in [0.25, 0.3) is 0 Å². The number of hydrogen-bond donors (Lipinski definition) is 1. The van der Waals surface area contributed by atoms with Gasteiger partial charge in [0.05, 0.1) is 6.10 Å². The van der Waals surface area contributed by atoms with Gasteiger partial charge >= 0.3 is 0 Å². The molecule has 2 fully saturated rings. The predicted octanol–water partition coefficient (Wildman–Crippen LogP) is 3.19. The van der Waals surface area contributed by atoms with E-state index in [2.05, 4.69) is 31.4 Å². The lowest BCUT2D eigenvalue weighted by atomic mass is 9.79. The lowest BCUT2D eigenvalue weighted by Crippen LogP contribution is -2.58. The molecule has 1 aliphatic carbocycles. The van der Waals surface area contributed by atoms with E-state index in [4.69, 9.17) is 4.74 Å². The van der Waals surface area contributed by atoms with Crippen LogP contribution >= 0.6 is 0 Å². The number of nitrogens with zero attached hydrogens (tertiary/aromatic N) is 1. The maximum atomic E-state index is 5.81. The van der Waals surface area contributed by atoms with Crippen LogP contribution in [-0.4, -0.2) is 50.3 Å². The molecule has 118 valence electrons. The molecule has 2 rings (SSSR count). The summed E-state index contributed by atoms with van der Waals surface area (Å²) < 4.78 is 5.81. The van der Waals surface area contributed by atoms with Gasteiger partial charge in [0.25, 0.3) is 0 Å². The lowest BCUT2D eigenvalue weighted by molar-refractivity contribution is 0.0599. The number of ether oxygens (including phenoxy) is 1. The molecule has 0 aromatic carbocycles. The highest BCUT2D eigenvalue weighted by Crippen LogP contribution is 2.36. The van der Waals surface area contributed by atoms with Gasteiger partial charge in [0, 0.05) is 18.2 Å². The molecule has 1 saturated heterocycles. The van der Waals surface area contributed by atoms with E-state index in [1.54, 1.807) is 0 Å². The van der Waals surface area contributed by atoms with E-state index in [1.165, 1.54) is 64.2 Å². The third kappa shape index (κ3) is 3.75. The molecule has 0 aromatic rings. The summed E-state index contributed by atoms with van der Waals surface area (Å²) in [5.74, 6) is 0. The molecule has 3 nitrogen and oxygen atoms in total. The van der Waals surface area contributed by atoms with Gasteiger partial charge in [-0.25, -0.2) is 0 Å². The Balaban J connectivity index is 1.99. The third-order valence-electron chi connectivity index (χ3n) is 5.66. The van der Waals surface area contributed by atoms with Gasteiger partial charge in [-0.2, -0.15) is 0 Å². The van der Waals surface area contributed by atoms with E-state index in [1.807, 2.05) is 0 Å². The van der Waals surface area contributed by atoms with Gasteiger partial charge in [0.2, 0.25) is 0 Å². The molecule has 1 aliphatic heterocycles. The monoisotopic (exact) mass is 282 g/mol. The molecule has 2 aliphatic rings. The highest BCUT2D eigenvalue weighted by Gasteiger charge is 2.40. The number of hydrogen-bond acceptors (Lipinski definition) is 3. The smallest absolute Gasteiger partial charge is 0.0576 e. The minimum atomic E-state index is 0.351. The molecule has 3 heteroatoms. The Hall–Kier alpha value is -0.120. The van der Waals surface area contributed by atoms with Crippen LogP contribution in [0, 0.1) is 0 Å². The summed E-state index contributed by atoms with van der Waals surface area (Å²) in [6.45, 7) is 0.980. The zero-order valence-corrected chi connectivity index (χ0v) is 13.8. The van der Waals surface area contributed by atoms with E-state index in [9.17, 15) is 0 Å². The zero-order valence-electron chi connectivity index (χ0n) is 13.8. The minimum absolute atomic E-state index is 0.351. The fraction of sp³-hybridized carbons (Fsp3) is 1.00. The Kier molecular flexibility index (Phi) is 6.31. The van der Waals surface area contributed by atoms with E-state index >= 15 is 0 Å². The average Bonchev–Trinajstić information content (AvgIpc) is 2.83. The van der Waals surface area contributed by atoms with E-state index in [0.29, 0.717) is 17.7 Å². The topological polar surface area (TPSA) is 24.5 Å². The maximum absolute atomic E-state index is 5.81. The fourth-order valence-corrected chi connectivity index (χ4v) is 4.35. The molecule has 0 spiro atoms. The Morgan fingerprint density at radius 3 is 2.35 bits per heavy atom. The van der Waals surface area contributed by atoms with Crippen molar-refractivity contribution in [3.8, 4) is 0 Å². The van der Waals surface area contributed by atoms with Gasteiger partial charge in [-0.15, -0.1) is 0 Å². The largest absolute Gasteiger partial charge is 0.378 e. The van der Waals surface area contributed by atoms with Crippen molar-refractivity contribution in [1.82, 2.24) is 10.2 Å². The molecular weight excluding hydrogens is 248 g/mol. The molecule has 2 unspecified atom stereocenters. The molecular formula is C17H34N2O. The molecule has 2 atom stereocenters. The molecule has 0 amide bonds. The Morgan fingerprint density at radius 2 is 1.85 bits per heavy atom.